The van der Waals surface area contributed by atoms with Gasteiger partial charge in [-0.15, -0.1) is 0 Å². The van der Waals surface area contributed by atoms with Gasteiger partial charge >= 0.3 is 0 Å². The fourth-order valence-electron chi connectivity index (χ4n) is 2.09. The van der Waals surface area contributed by atoms with Gasteiger partial charge in [-0.25, -0.2) is 0 Å². The van der Waals surface area contributed by atoms with Crippen LogP contribution < -0.4 is 14.8 Å². The Labute approximate surface area is 104 Å². The van der Waals surface area contributed by atoms with Crippen molar-refractivity contribution in [2.24, 2.45) is 0 Å². The van der Waals surface area contributed by atoms with Gasteiger partial charge in [0.25, 0.3) is 0 Å². The summed E-state index contributed by atoms with van der Waals surface area (Å²) in [6.45, 7) is 7.38. The molecule has 17 heavy (non-hydrogen) atoms. The molecule has 0 spiro atoms. The van der Waals surface area contributed by atoms with E-state index in [0.717, 1.165) is 24.5 Å². The first-order valence-electron chi connectivity index (χ1n) is 6.13. The van der Waals surface area contributed by atoms with Gasteiger partial charge in [0, 0.05) is 6.04 Å². The van der Waals surface area contributed by atoms with Gasteiger partial charge in [-0.2, -0.15) is 0 Å². The molecule has 1 N–H and O–H groups in total. The minimum Gasteiger partial charge on any atom is -0.493 e. The first kappa shape index (κ1) is 13.8. The number of benzene rings is 1. The fourth-order valence-corrected chi connectivity index (χ4v) is 2.09. The van der Waals surface area contributed by atoms with Crippen LogP contribution in [0.3, 0.4) is 0 Å². The Hall–Kier alpha value is -1.22. The van der Waals surface area contributed by atoms with Crippen LogP contribution in [0.4, 0.5) is 0 Å². The van der Waals surface area contributed by atoms with Gasteiger partial charge in [-0.1, -0.05) is 13.8 Å². The van der Waals surface area contributed by atoms with Gasteiger partial charge in [-0.3, -0.25) is 0 Å². The van der Waals surface area contributed by atoms with Gasteiger partial charge in [0.15, 0.2) is 11.5 Å². The molecule has 1 aromatic rings. The summed E-state index contributed by atoms with van der Waals surface area (Å²) in [5.41, 5.74) is 2.52. The molecule has 1 atom stereocenters. The molecule has 0 aliphatic rings. The van der Waals surface area contributed by atoms with Crippen molar-refractivity contribution in [1.29, 1.82) is 0 Å². The molecule has 0 saturated heterocycles. The summed E-state index contributed by atoms with van der Waals surface area (Å²) < 4.78 is 10.7. The third kappa shape index (κ3) is 3.13. The maximum Gasteiger partial charge on any atom is 0.161 e. The molecule has 1 unspecified atom stereocenters. The maximum absolute atomic E-state index is 5.35. The lowest BCUT2D eigenvalue weighted by atomic mass is 9.98. The number of ether oxygens (including phenoxy) is 2. The highest BCUT2D eigenvalue weighted by molar-refractivity contribution is 5.48. The van der Waals surface area contributed by atoms with E-state index in [9.17, 15) is 0 Å². The van der Waals surface area contributed by atoms with Crippen LogP contribution in [0.2, 0.25) is 0 Å². The van der Waals surface area contributed by atoms with Crippen molar-refractivity contribution in [1.82, 2.24) is 5.32 Å². The number of nitrogens with one attached hydrogen (secondary N) is 1. The van der Waals surface area contributed by atoms with Gasteiger partial charge in [0.2, 0.25) is 0 Å². The second-order valence-electron chi connectivity index (χ2n) is 4.08. The average Bonchev–Trinajstić information content (AvgIpc) is 2.36. The van der Waals surface area contributed by atoms with E-state index in [4.69, 9.17) is 9.47 Å². The molecule has 0 radical (unpaired) electrons. The minimum atomic E-state index is 0.375. The molecule has 0 heterocycles. The summed E-state index contributed by atoms with van der Waals surface area (Å²) in [5, 5.41) is 3.48. The second-order valence-corrected chi connectivity index (χ2v) is 4.08. The Morgan fingerprint density at radius 3 is 2.18 bits per heavy atom. The Kier molecular flexibility index (Phi) is 5.29. The SMILES string of the molecule is CCNC(CC)c1cc(OC)c(OC)cc1C. The summed E-state index contributed by atoms with van der Waals surface area (Å²) in [7, 11) is 3.34. The van der Waals surface area contributed by atoms with Crippen LogP contribution in [0.15, 0.2) is 12.1 Å². The average molecular weight is 237 g/mol. The van der Waals surface area contributed by atoms with Crippen LogP contribution in [0.25, 0.3) is 0 Å². The molecule has 0 aromatic heterocycles. The van der Waals surface area contributed by atoms with Crippen molar-refractivity contribution >= 4 is 0 Å². The quantitative estimate of drug-likeness (QED) is 0.824. The Balaban J connectivity index is 3.14. The molecule has 0 bridgehead atoms. The molecule has 0 aliphatic carbocycles. The van der Waals surface area contributed by atoms with Crippen molar-refractivity contribution in [2.75, 3.05) is 20.8 Å². The van der Waals surface area contributed by atoms with E-state index in [1.165, 1.54) is 11.1 Å². The van der Waals surface area contributed by atoms with Gasteiger partial charge in [-0.05, 0) is 43.1 Å². The first-order valence-corrected chi connectivity index (χ1v) is 6.13. The molecule has 1 aromatic carbocycles. The Bertz CT molecular complexity index is 363. The van der Waals surface area contributed by atoms with E-state index in [0.29, 0.717) is 6.04 Å². The summed E-state index contributed by atoms with van der Waals surface area (Å²) in [6.07, 6.45) is 1.06. The van der Waals surface area contributed by atoms with Crippen LogP contribution >= 0.6 is 0 Å². The van der Waals surface area contributed by atoms with E-state index in [1.807, 2.05) is 6.07 Å². The number of methoxy groups -OCH3 is 2. The third-order valence-electron chi connectivity index (χ3n) is 3.01. The maximum atomic E-state index is 5.35. The summed E-state index contributed by atoms with van der Waals surface area (Å²) in [4.78, 5) is 0. The monoisotopic (exact) mass is 237 g/mol. The Morgan fingerprint density at radius 2 is 1.71 bits per heavy atom. The lowest BCUT2D eigenvalue weighted by molar-refractivity contribution is 0.353. The lowest BCUT2D eigenvalue weighted by Crippen LogP contribution is -2.21. The molecular weight excluding hydrogens is 214 g/mol. The summed E-state index contributed by atoms with van der Waals surface area (Å²) in [6, 6.07) is 4.49. The van der Waals surface area contributed by atoms with Crippen molar-refractivity contribution in [3.05, 3.63) is 23.3 Å². The molecule has 0 amide bonds. The smallest absolute Gasteiger partial charge is 0.161 e. The van der Waals surface area contributed by atoms with Crippen molar-refractivity contribution < 1.29 is 9.47 Å². The number of hydrogen-bond donors (Lipinski definition) is 1. The highest BCUT2D eigenvalue weighted by Gasteiger charge is 2.14. The predicted molar refractivity (Wildman–Crippen MR) is 71.0 cm³/mol. The summed E-state index contributed by atoms with van der Waals surface area (Å²) >= 11 is 0. The van der Waals surface area contributed by atoms with Crippen LogP contribution in [0, 0.1) is 6.92 Å². The zero-order valence-electron chi connectivity index (χ0n) is 11.5. The summed E-state index contributed by atoms with van der Waals surface area (Å²) in [5.74, 6) is 1.59. The first-order chi connectivity index (χ1) is 8.17. The van der Waals surface area contributed by atoms with E-state index >= 15 is 0 Å². The number of rotatable bonds is 6. The molecule has 3 nitrogen and oxygen atoms in total. The van der Waals surface area contributed by atoms with Crippen molar-refractivity contribution in [2.45, 2.75) is 33.2 Å². The second kappa shape index (κ2) is 6.50. The topological polar surface area (TPSA) is 30.5 Å². The highest BCUT2D eigenvalue weighted by atomic mass is 16.5. The zero-order chi connectivity index (χ0) is 12.8. The van der Waals surface area contributed by atoms with Crippen LogP contribution in [0.5, 0.6) is 11.5 Å². The van der Waals surface area contributed by atoms with E-state index in [-0.39, 0.29) is 0 Å². The normalized spacial score (nSPS) is 12.3. The molecule has 0 saturated carbocycles. The minimum absolute atomic E-state index is 0.375. The molecule has 0 aliphatic heterocycles. The lowest BCUT2D eigenvalue weighted by Gasteiger charge is -2.20. The predicted octanol–water partition coefficient (Wildman–Crippen LogP) is 3.07. The van der Waals surface area contributed by atoms with Crippen molar-refractivity contribution in [3.8, 4) is 11.5 Å². The van der Waals surface area contributed by atoms with Gasteiger partial charge in [0.1, 0.15) is 0 Å². The third-order valence-corrected chi connectivity index (χ3v) is 3.01. The van der Waals surface area contributed by atoms with E-state index < -0.39 is 0 Å². The standard InChI is InChI=1S/C14H23NO2/c1-6-12(15-7-2)11-9-14(17-5)13(16-4)8-10(11)3/h8-9,12,15H,6-7H2,1-5H3. The molecule has 96 valence electrons. The van der Waals surface area contributed by atoms with Crippen LogP contribution in [-0.2, 0) is 0 Å². The molecule has 3 heteroatoms. The van der Waals surface area contributed by atoms with Crippen LogP contribution in [-0.4, -0.2) is 20.8 Å². The van der Waals surface area contributed by atoms with E-state index in [2.05, 4.69) is 32.2 Å². The van der Waals surface area contributed by atoms with Crippen molar-refractivity contribution in [3.63, 3.8) is 0 Å². The Morgan fingerprint density at radius 1 is 1.12 bits per heavy atom. The largest absolute Gasteiger partial charge is 0.493 e. The van der Waals surface area contributed by atoms with E-state index in [1.54, 1.807) is 14.2 Å². The molecular formula is C14H23NO2. The van der Waals surface area contributed by atoms with Crippen LogP contribution in [0.1, 0.15) is 37.4 Å². The zero-order valence-corrected chi connectivity index (χ0v) is 11.5. The number of hydrogen-bond acceptors (Lipinski definition) is 3. The molecule has 1 rings (SSSR count). The number of aryl methyl sites for hydroxylation is 1. The highest BCUT2D eigenvalue weighted by Crippen LogP contribution is 2.33. The van der Waals surface area contributed by atoms with Gasteiger partial charge in [0.05, 0.1) is 14.2 Å². The fraction of sp³-hybridized carbons (Fsp3) is 0.571. The van der Waals surface area contributed by atoms with Gasteiger partial charge < -0.3 is 14.8 Å². The molecule has 0 fully saturated rings.